The largest absolute Gasteiger partial charge is 0.397 e. The van der Waals surface area contributed by atoms with Crippen molar-refractivity contribution in [3.8, 4) is 0 Å². The first-order valence-electron chi connectivity index (χ1n) is 5.64. The fourth-order valence-electron chi connectivity index (χ4n) is 2.24. The monoisotopic (exact) mass is 244 g/mol. The zero-order chi connectivity index (χ0) is 12.5. The Morgan fingerprint density at radius 2 is 1.94 bits per heavy atom. The van der Waals surface area contributed by atoms with Gasteiger partial charge in [0.1, 0.15) is 0 Å². The van der Waals surface area contributed by atoms with Gasteiger partial charge >= 0.3 is 6.18 Å². The third kappa shape index (κ3) is 2.65. The number of anilines is 2. The van der Waals surface area contributed by atoms with Crippen molar-refractivity contribution < 1.29 is 13.2 Å². The van der Waals surface area contributed by atoms with Gasteiger partial charge in [-0.15, -0.1) is 0 Å². The van der Waals surface area contributed by atoms with Crippen LogP contribution in [0.25, 0.3) is 0 Å². The SMILES string of the molecule is Nc1ccccc1N1CCC[C@@H](C(F)(F)F)C1. The van der Waals surface area contributed by atoms with E-state index in [4.69, 9.17) is 5.73 Å². The summed E-state index contributed by atoms with van der Waals surface area (Å²) in [5.74, 6) is -1.24. The molecule has 0 radical (unpaired) electrons. The molecule has 1 atom stereocenters. The maximum absolute atomic E-state index is 12.7. The average molecular weight is 244 g/mol. The van der Waals surface area contributed by atoms with Crippen molar-refractivity contribution in [3.05, 3.63) is 24.3 Å². The lowest BCUT2D eigenvalue weighted by Gasteiger charge is -2.35. The first-order chi connectivity index (χ1) is 7.98. The summed E-state index contributed by atoms with van der Waals surface area (Å²) >= 11 is 0. The molecule has 1 heterocycles. The molecule has 94 valence electrons. The van der Waals surface area contributed by atoms with E-state index in [0.29, 0.717) is 24.3 Å². The van der Waals surface area contributed by atoms with Gasteiger partial charge in [-0.05, 0) is 25.0 Å². The smallest absolute Gasteiger partial charge is 0.393 e. The molecule has 0 aromatic heterocycles. The Bertz CT molecular complexity index is 390. The van der Waals surface area contributed by atoms with Crippen molar-refractivity contribution in [2.24, 2.45) is 5.92 Å². The highest BCUT2D eigenvalue weighted by Crippen LogP contribution is 2.35. The Kier molecular flexibility index (Phi) is 3.17. The molecule has 0 unspecified atom stereocenters. The van der Waals surface area contributed by atoms with Gasteiger partial charge in [0.25, 0.3) is 0 Å². The number of rotatable bonds is 1. The van der Waals surface area contributed by atoms with Crippen molar-refractivity contribution in [1.82, 2.24) is 0 Å². The average Bonchev–Trinajstić information content (AvgIpc) is 2.29. The van der Waals surface area contributed by atoms with Crippen LogP contribution in [0.4, 0.5) is 24.5 Å². The lowest BCUT2D eigenvalue weighted by atomic mass is 9.97. The molecule has 1 saturated heterocycles. The standard InChI is InChI=1S/C12H15F3N2/c13-12(14,15)9-4-3-7-17(8-9)11-6-2-1-5-10(11)16/h1-2,5-6,9H,3-4,7-8,16H2/t9-/m1/s1. The number of nitrogens with zero attached hydrogens (tertiary/aromatic N) is 1. The van der Waals surface area contributed by atoms with Crippen molar-refractivity contribution in [3.63, 3.8) is 0 Å². The highest BCUT2D eigenvalue weighted by molar-refractivity contribution is 5.67. The fourth-order valence-corrected chi connectivity index (χ4v) is 2.24. The molecule has 17 heavy (non-hydrogen) atoms. The highest BCUT2D eigenvalue weighted by Gasteiger charge is 2.41. The molecular formula is C12H15F3N2. The number of piperidine rings is 1. The van der Waals surface area contributed by atoms with Crippen LogP contribution in [-0.2, 0) is 0 Å². The molecule has 2 rings (SSSR count). The summed E-state index contributed by atoms with van der Waals surface area (Å²) in [6.07, 6.45) is -3.34. The first kappa shape index (κ1) is 12.1. The second-order valence-electron chi connectivity index (χ2n) is 4.39. The van der Waals surface area contributed by atoms with E-state index in [1.54, 1.807) is 29.2 Å². The van der Waals surface area contributed by atoms with Gasteiger partial charge < -0.3 is 10.6 Å². The topological polar surface area (TPSA) is 29.3 Å². The second kappa shape index (κ2) is 4.47. The van der Waals surface area contributed by atoms with Crippen molar-refractivity contribution in [1.29, 1.82) is 0 Å². The van der Waals surface area contributed by atoms with Gasteiger partial charge in [0, 0.05) is 13.1 Å². The van der Waals surface area contributed by atoms with Crippen molar-refractivity contribution in [2.75, 3.05) is 23.7 Å². The summed E-state index contributed by atoms with van der Waals surface area (Å²) in [7, 11) is 0. The van der Waals surface area contributed by atoms with Gasteiger partial charge in [0.05, 0.1) is 17.3 Å². The summed E-state index contributed by atoms with van der Waals surface area (Å²) in [4.78, 5) is 1.73. The zero-order valence-corrected chi connectivity index (χ0v) is 9.37. The molecule has 1 aliphatic heterocycles. The van der Waals surface area contributed by atoms with E-state index in [1.165, 1.54) is 0 Å². The van der Waals surface area contributed by atoms with Gasteiger partial charge in [0.15, 0.2) is 0 Å². The maximum Gasteiger partial charge on any atom is 0.393 e. The number of hydrogen-bond donors (Lipinski definition) is 1. The van der Waals surface area contributed by atoms with Crippen molar-refractivity contribution in [2.45, 2.75) is 19.0 Å². The third-order valence-electron chi connectivity index (χ3n) is 3.16. The van der Waals surface area contributed by atoms with E-state index in [-0.39, 0.29) is 13.0 Å². The number of alkyl halides is 3. The number of nitrogen functional groups attached to an aromatic ring is 1. The predicted octanol–water partition coefficient (Wildman–Crippen LogP) is 3.05. The Morgan fingerprint density at radius 3 is 2.59 bits per heavy atom. The summed E-state index contributed by atoms with van der Waals surface area (Å²) < 4.78 is 38.0. The minimum Gasteiger partial charge on any atom is -0.397 e. The molecule has 2 nitrogen and oxygen atoms in total. The van der Waals surface area contributed by atoms with Crippen LogP contribution in [0.1, 0.15) is 12.8 Å². The normalized spacial score (nSPS) is 21.6. The van der Waals surface area contributed by atoms with Crippen molar-refractivity contribution >= 4 is 11.4 Å². The van der Waals surface area contributed by atoms with Gasteiger partial charge in [0.2, 0.25) is 0 Å². The Morgan fingerprint density at radius 1 is 1.24 bits per heavy atom. The maximum atomic E-state index is 12.7. The third-order valence-corrected chi connectivity index (χ3v) is 3.16. The Labute approximate surface area is 98.2 Å². The molecule has 0 spiro atoms. The van der Waals surface area contributed by atoms with Gasteiger partial charge in [-0.1, -0.05) is 12.1 Å². The summed E-state index contributed by atoms with van der Waals surface area (Å²) in [6.45, 7) is 0.651. The van der Waals surface area contributed by atoms with Gasteiger partial charge in [-0.2, -0.15) is 13.2 Å². The molecule has 0 bridgehead atoms. The molecule has 1 aromatic carbocycles. The lowest BCUT2D eigenvalue weighted by molar-refractivity contribution is -0.175. The molecule has 1 aromatic rings. The van der Waals surface area contributed by atoms with Crippen LogP contribution in [0, 0.1) is 5.92 Å². The summed E-state index contributed by atoms with van der Waals surface area (Å²) in [6, 6.07) is 7.06. The van der Waals surface area contributed by atoms with E-state index in [1.807, 2.05) is 0 Å². The van der Waals surface area contributed by atoms with E-state index >= 15 is 0 Å². The Balaban J connectivity index is 2.15. The summed E-state index contributed by atoms with van der Waals surface area (Å²) in [5, 5.41) is 0. The van der Waals surface area contributed by atoms with Crippen LogP contribution >= 0.6 is 0 Å². The molecule has 0 aliphatic carbocycles. The van der Waals surface area contributed by atoms with E-state index in [0.717, 1.165) is 0 Å². The molecule has 5 heteroatoms. The van der Waals surface area contributed by atoms with Crippen LogP contribution in [0.5, 0.6) is 0 Å². The minimum absolute atomic E-state index is 0.0116. The highest BCUT2D eigenvalue weighted by atomic mass is 19.4. The van der Waals surface area contributed by atoms with Crippen LogP contribution in [0.15, 0.2) is 24.3 Å². The molecular weight excluding hydrogens is 229 g/mol. The molecule has 2 N–H and O–H groups in total. The van der Waals surface area contributed by atoms with Crippen LogP contribution in [0.2, 0.25) is 0 Å². The number of halogens is 3. The number of nitrogens with two attached hydrogens (primary N) is 1. The van der Waals surface area contributed by atoms with E-state index < -0.39 is 12.1 Å². The molecule has 1 aliphatic rings. The number of benzene rings is 1. The van der Waals surface area contributed by atoms with Crippen LogP contribution < -0.4 is 10.6 Å². The molecule has 0 saturated carbocycles. The van der Waals surface area contributed by atoms with E-state index in [9.17, 15) is 13.2 Å². The number of hydrogen-bond acceptors (Lipinski definition) is 2. The fraction of sp³-hybridized carbons (Fsp3) is 0.500. The van der Waals surface area contributed by atoms with Gasteiger partial charge in [-0.3, -0.25) is 0 Å². The number of para-hydroxylation sites is 2. The lowest BCUT2D eigenvalue weighted by Crippen LogP contribution is -2.42. The summed E-state index contributed by atoms with van der Waals surface area (Å²) in [5.41, 5.74) is 7.03. The molecule has 0 amide bonds. The Hall–Kier alpha value is -1.39. The first-order valence-corrected chi connectivity index (χ1v) is 5.64. The molecule has 1 fully saturated rings. The van der Waals surface area contributed by atoms with Gasteiger partial charge in [-0.25, -0.2) is 0 Å². The minimum atomic E-state index is -4.11. The van der Waals surface area contributed by atoms with Crippen LogP contribution in [0.3, 0.4) is 0 Å². The van der Waals surface area contributed by atoms with E-state index in [2.05, 4.69) is 0 Å². The predicted molar refractivity (Wildman–Crippen MR) is 61.8 cm³/mol. The quantitative estimate of drug-likeness (QED) is 0.769. The zero-order valence-electron chi connectivity index (χ0n) is 9.37. The van der Waals surface area contributed by atoms with Crippen LogP contribution in [-0.4, -0.2) is 19.3 Å². The second-order valence-corrected chi connectivity index (χ2v) is 4.39.